The molecule has 3 nitrogen and oxygen atoms in total. The molecule has 1 N–H and O–H groups in total. The van der Waals surface area contributed by atoms with Crippen molar-refractivity contribution in [2.45, 2.75) is 65.1 Å². The van der Waals surface area contributed by atoms with Gasteiger partial charge in [-0.05, 0) is 45.7 Å². The summed E-state index contributed by atoms with van der Waals surface area (Å²) in [5.74, 6) is 1.19. The first-order chi connectivity index (χ1) is 9.19. The Kier molecular flexibility index (Phi) is 4.81. The summed E-state index contributed by atoms with van der Waals surface area (Å²) in [7, 11) is 0. The van der Waals surface area contributed by atoms with Crippen LogP contribution in [0.15, 0.2) is 18.3 Å². The van der Waals surface area contributed by atoms with E-state index in [0.717, 1.165) is 6.54 Å². The highest BCUT2D eigenvalue weighted by atomic mass is 15.3. The van der Waals surface area contributed by atoms with E-state index in [2.05, 4.69) is 44.0 Å². The zero-order chi connectivity index (χ0) is 13.8. The molecule has 1 aliphatic rings. The Bertz CT molecular complexity index is 405. The first-order valence-corrected chi connectivity index (χ1v) is 7.65. The Morgan fingerprint density at radius 1 is 1.42 bits per heavy atom. The van der Waals surface area contributed by atoms with Gasteiger partial charge in [-0.3, -0.25) is 0 Å². The van der Waals surface area contributed by atoms with Crippen LogP contribution in [0.25, 0.3) is 0 Å². The maximum atomic E-state index is 4.70. The second-order valence-corrected chi connectivity index (χ2v) is 5.59. The van der Waals surface area contributed by atoms with Gasteiger partial charge in [0.1, 0.15) is 5.82 Å². The molecule has 0 aliphatic carbocycles. The van der Waals surface area contributed by atoms with Gasteiger partial charge in [0.15, 0.2) is 0 Å². The molecule has 0 spiro atoms. The average molecular weight is 261 g/mol. The second-order valence-electron chi connectivity index (χ2n) is 5.59. The number of hydrogen-bond acceptors (Lipinski definition) is 3. The smallest absolute Gasteiger partial charge is 0.133 e. The molecule has 3 unspecified atom stereocenters. The van der Waals surface area contributed by atoms with E-state index in [1.54, 1.807) is 0 Å². The zero-order valence-electron chi connectivity index (χ0n) is 12.7. The Balaban J connectivity index is 2.33. The van der Waals surface area contributed by atoms with E-state index in [1.165, 1.54) is 30.6 Å². The van der Waals surface area contributed by atoms with Gasteiger partial charge in [0, 0.05) is 29.9 Å². The van der Waals surface area contributed by atoms with Crippen molar-refractivity contribution in [1.82, 2.24) is 10.3 Å². The molecule has 0 amide bonds. The van der Waals surface area contributed by atoms with Crippen molar-refractivity contribution in [3.63, 3.8) is 0 Å². The van der Waals surface area contributed by atoms with E-state index in [-0.39, 0.29) is 0 Å². The van der Waals surface area contributed by atoms with Gasteiger partial charge < -0.3 is 10.2 Å². The summed E-state index contributed by atoms with van der Waals surface area (Å²) in [5.41, 5.74) is 1.33. The normalized spacial score (nSPS) is 24.7. The van der Waals surface area contributed by atoms with Crippen LogP contribution in [-0.4, -0.2) is 23.6 Å². The highest BCUT2D eigenvalue weighted by Crippen LogP contribution is 2.34. The van der Waals surface area contributed by atoms with Crippen molar-refractivity contribution in [3.8, 4) is 0 Å². The molecule has 1 saturated heterocycles. The van der Waals surface area contributed by atoms with Gasteiger partial charge in [0.25, 0.3) is 0 Å². The monoisotopic (exact) mass is 261 g/mol. The molecule has 0 aromatic carbocycles. The van der Waals surface area contributed by atoms with Crippen LogP contribution < -0.4 is 10.2 Å². The number of hydrogen-bond donors (Lipinski definition) is 1. The van der Waals surface area contributed by atoms with E-state index in [4.69, 9.17) is 4.98 Å². The van der Waals surface area contributed by atoms with Crippen molar-refractivity contribution >= 4 is 5.82 Å². The number of aromatic nitrogens is 1. The van der Waals surface area contributed by atoms with Gasteiger partial charge >= 0.3 is 0 Å². The highest BCUT2D eigenvalue weighted by Gasteiger charge is 2.32. The Hall–Kier alpha value is -1.09. The third-order valence-corrected chi connectivity index (χ3v) is 4.30. The minimum Gasteiger partial charge on any atom is -0.351 e. The second kappa shape index (κ2) is 6.38. The van der Waals surface area contributed by atoms with Crippen LogP contribution in [0.4, 0.5) is 5.82 Å². The summed E-state index contributed by atoms with van der Waals surface area (Å²) < 4.78 is 0. The molecule has 0 radical (unpaired) electrons. The van der Waals surface area contributed by atoms with Gasteiger partial charge in [-0.15, -0.1) is 0 Å². The lowest BCUT2D eigenvalue weighted by atomic mass is 10.1. The topological polar surface area (TPSA) is 28.2 Å². The number of nitrogens with zero attached hydrogens (tertiary/aromatic N) is 2. The van der Waals surface area contributed by atoms with Gasteiger partial charge in [-0.25, -0.2) is 4.98 Å². The molecule has 2 rings (SSSR count). The summed E-state index contributed by atoms with van der Waals surface area (Å²) in [4.78, 5) is 7.24. The molecular formula is C16H27N3. The minimum absolute atomic E-state index is 0.360. The largest absolute Gasteiger partial charge is 0.351 e. The molecule has 1 aliphatic heterocycles. The van der Waals surface area contributed by atoms with Crippen molar-refractivity contribution in [1.29, 1.82) is 0 Å². The maximum Gasteiger partial charge on any atom is 0.133 e. The standard InChI is InChI=1S/C16H27N3/c1-5-14-10-9-12(3)19(14)16-15(8-7-11-18-16)13(4)17-6-2/h7-8,11-14,17H,5-6,9-10H2,1-4H3. The van der Waals surface area contributed by atoms with Crippen LogP contribution in [-0.2, 0) is 0 Å². The Labute approximate surface area is 117 Å². The van der Waals surface area contributed by atoms with E-state index in [0.29, 0.717) is 18.1 Å². The van der Waals surface area contributed by atoms with Crippen LogP contribution in [0.5, 0.6) is 0 Å². The fourth-order valence-corrected chi connectivity index (χ4v) is 3.23. The van der Waals surface area contributed by atoms with Gasteiger partial charge in [-0.2, -0.15) is 0 Å². The van der Waals surface area contributed by atoms with Gasteiger partial charge in [-0.1, -0.05) is 19.9 Å². The minimum atomic E-state index is 0.360. The average Bonchev–Trinajstić information content (AvgIpc) is 2.80. The maximum absolute atomic E-state index is 4.70. The van der Waals surface area contributed by atoms with Crippen LogP contribution >= 0.6 is 0 Å². The Morgan fingerprint density at radius 2 is 2.21 bits per heavy atom. The lowest BCUT2D eigenvalue weighted by molar-refractivity contribution is 0.577. The van der Waals surface area contributed by atoms with Crippen LogP contribution in [0.2, 0.25) is 0 Å². The van der Waals surface area contributed by atoms with E-state index in [9.17, 15) is 0 Å². The van der Waals surface area contributed by atoms with Crippen molar-refractivity contribution in [3.05, 3.63) is 23.9 Å². The third kappa shape index (κ3) is 2.92. The van der Waals surface area contributed by atoms with Crippen molar-refractivity contribution < 1.29 is 0 Å². The molecule has 0 saturated carbocycles. The predicted molar refractivity (Wildman–Crippen MR) is 81.6 cm³/mol. The SMILES string of the molecule is CCNC(C)c1cccnc1N1C(C)CCC1CC. The molecular weight excluding hydrogens is 234 g/mol. The molecule has 0 bridgehead atoms. The van der Waals surface area contributed by atoms with Gasteiger partial charge in [0.05, 0.1) is 0 Å². The fourth-order valence-electron chi connectivity index (χ4n) is 3.23. The molecule has 3 heteroatoms. The molecule has 19 heavy (non-hydrogen) atoms. The Morgan fingerprint density at radius 3 is 2.89 bits per heavy atom. The van der Waals surface area contributed by atoms with Crippen molar-refractivity contribution in [2.24, 2.45) is 0 Å². The fraction of sp³-hybridized carbons (Fsp3) is 0.688. The van der Waals surface area contributed by atoms with Crippen molar-refractivity contribution in [2.75, 3.05) is 11.4 Å². The van der Waals surface area contributed by atoms with E-state index >= 15 is 0 Å². The molecule has 3 atom stereocenters. The lowest BCUT2D eigenvalue weighted by Crippen LogP contribution is -2.36. The number of anilines is 1. The lowest BCUT2D eigenvalue weighted by Gasteiger charge is -2.32. The third-order valence-electron chi connectivity index (χ3n) is 4.30. The predicted octanol–water partition coefficient (Wildman–Crippen LogP) is 3.52. The highest BCUT2D eigenvalue weighted by molar-refractivity contribution is 5.51. The molecule has 1 aromatic heterocycles. The molecule has 106 valence electrons. The first kappa shape index (κ1) is 14.3. The van der Waals surface area contributed by atoms with Crippen LogP contribution in [0.1, 0.15) is 58.6 Å². The zero-order valence-corrected chi connectivity index (χ0v) is 12.7. The summed E-state index contributed by atoms with van der Waals surface area (Å²) in [6.45, 7) is 9.98. The molecule has 1 fully saturated rings. The van der Waals surface area contributed by atoms with E-state index in [1.807, 2.05) is 12.3 Å². The van der Waals surface area contributed by atoms with Crippen LogP contribution in [0.3, 0.4) is 0 Å². The molecule has 1 aromatic rings. The van der Waals surface area contributed by atoms with E-state index < -0.39 is 0 Å². The number of nitrogens with one attached hydrogen (secondary N) is 1. The number of pyridine rings is 1. The summed E-state index contributed by atoms with van der Waals surface area (Å²) in [6, 6.07) is 5.88. The summed E-state index contributed by atoms with van der Waals surface area (Å²) in [5, 5.41) is 3.51. The first-order valence-electron chi connectivity index (χ1n) is 7.65. The summed E-state index contributed by atoms with van der Waals surface area (Å²) >= 11 is 0. The number of rotatable bonds is 5. The summed E-state index contributed by atoms with van der Waals surface area (Å²) in [6.07, 6.45) is 5.71. The van der Waals surface area contributed by atoms with Gasteiger partial charge in [0.2, 0.25) is 0 Å². The molecule has 2 heterocycles. The van der Waals surface area contributed by atoms with Crippen LogP contribution in [0, 0.1) is 0 Å². The quantitative estimate of drug-likeness (QED) is 0.879.